The van der Waals surface area contributed by atoms with Crippen molar-refractivity contribution >= 4 is 10.9 Å². The summed E-state index contributed by atoms with van der Waals surface area (Å²) in [6.45, 7) is 8.34. The summed E-state index contributed by atoms with van der Waals surface area (Å²) in [5, 5.41) is 11.6. The Kier molecular flexibility index (Phi) is 5.36. The average molecular weight is 357 g/mol. The lowest BCUT2D eigenvalue weighted by Crippen LogP contribution is -2.48. The van der Waals surface area contributed by atoms with E-state index in [-0.39, 0.29) is 12.1 Å². The quantitative estimate of drug-likeness (QED) is 0.875. The minimum atomic E-state index is -0.303. The van der Waals surface area contributed by atoms with Gasteiger partial charge >= 0.3 is 0 Å². The first-order valence-corrected chi connectivity index (χ1v) is 9.47. The lowest BCUT2D eigenvalue weighted by molar-refractivity contribution is -0.00618. The van der Waals surface area contributed by atoms with E-state index in [1.54, 1.807) is 0 Å². The predicted molar refractivity (Wildman–Crippen MR) is 100 cm³/mol. The van der Waals surface area contributed by atoms with Crippen LogP contribution in [0.5, 0.6) is 5.75 Å². The lowest BCUT2D eigenvalue weighted by Gasteiger charge is -2.33. The molecule has 140 valence electrons. The molecule has 1 aromatic heterocycles. The fourth-order valence-electron chi connectivity index (χ4n) is 3.96. The molecule has 2 saturated heterocycles. The highest BCUT2D eigenvalue weighted by Crippen LogP contribution is 2.22. The Morgan fingerprint density at radius 2 is 2.04 bits per heavy atom. The van der Waals surface area contributed by atoms with Gasteiger partial charge < -0.3 is 14.6 Å². The van der Waals surface area contributed by atoms with E-state index in [1.165, 1.54) is 0 Å². The summed E-state index contributed by atoms with van der Waals surface area (Å²) in [6.07, 6.45) is -0.303. The summed E-state index contributed by atoms with van der Waals surface area (Å²) in [4.78, 5) is 9.45. The Morgan fingerprint density at radius 3 is 2.85 bits per heavy atom. The minimum absolute atomic E-state index is 0.202. The van der Waals surface area contributed by atoms with E-state index >= 15 is 0 Å². The number of nitrogens with zero attached hydrogens (tertiary/aromatic N) is 3. The van der Waals surface area contributed by atoms with Crippen molar-refractivity contribution in [1.82, 2.24) is 14.8 Å². The van der Waals surface area contributed by atoms with Gasteiger partial charge in [0, 0.05) is 44.2 Å². The van der Waals surface area contributed by atoms with Gasteiger partial charge in [0.05, 0.1) is 37.1 Å². The second kappa shape index (κ2) is 7.88. The first-order valence-electron chi connectivity index (χ1n) is 9.47. The van der Waals surface area contributed by atoms with Crippen molar-refractivity contribution < 1.29 is 14.6 Å². The maximum atomic E-state index is 10.5. The van der Waals surface area contributed by atoms with Crippen molar-refractivity contribution in [3.63, 3.8) is 0 Å². The Hall–Kier alpha value is -1.73. The Morgan fingerprint density at radius 1 is 1.19 bits per heavy atom. The average Bonchev–Trinajstić information content (AvgIpc) is 3.03. The van der Waals surface area contributed by atoms with Crippen LogP contribution in [-0.4, -0.2) is 78.0 Å². The molecule has 3 heterocycles. The molecule has 0 amide bonds. The van der Waals surface area contributed by atoms with Crippen LogP contribution in [-0.2, 0) is 11.3 Å². The first kappa shape index (κ1) is 17.7. The maximum absolute atomic E-state index is 10.5. The standard InChI is InChI=1S/C20H27N3O3/c1-2-26-17-5-6-18-15(11-17)3-4-16(21-18)12-22-13-19(20(24)14-22)23-7-9-25-10-8-23/h3-6,11,19-20,24H,2,7-10,12-14H2,1H3/t19-,20-/m0/s1. The molecule has 6 nitrogen and oxygen atoms in total. The summed E-state index contributed by atoms with van der Waals surface area (Å²) >= 11 is 0. The zero-order valence-corrected chi connectivity index (χ0v) is 15.3. The molecule has 2 aromatic rings. The molecular formula is C20H27N3O3. The van der Waals surface area contributed by atoms with Crippen LogP contribution in [0.1, 0.15) is 12.6 Å². The monoisotopic (exact) mass is 357 g/mol. The third-order valence-corrected chi connectivity index (χ3v) is 5.26. The number of rotatable bonds is 5. The maximum Gasteiger partial charge on any atom is 0.120 e. The number of fused-ring (bicyclic) bond motifs is 1. The Bertz CT molecular complexity index is 748. The van der Waals surface area contributed by atoms with Gasteiger partial charge in [-0.2, -0.15) is 0 Å². The van der Waals surface area contributed by atoms with Gasteiger partial charge in [-0.3, -0.25) is 14.8 Å². The smallest absolute Gasteiger partial charge is 0.120 e. The fourth-order valence-corrected chi connectivity index (χ4v) is 3.96. The third kappa shape index (κ3) is 3.83. The van der Waals surface area contributed by atoms with Crippen LogP contribution in [0.15, 0.2) is 30.3 Å². The molecule has 2 atom stereocenters. The molecule has 0 saturated carbocycles. The molecular weight excluding hydrogens is 330 g/mol. The topological polar surface area (TPSA) is 58.1 Å². The van der Waals surface area contributed by atoms with Gasteiger partial charge in [0.1, 0.15) is 5.75 Å². The number of aromatic nitrogens is 1. The number of pyridine rings is 1. The molecule has 0 aliphatic carbocycles. The molecule has 0 radical (unpaired) electrons. The van der Waals surface area contributed by atoms with E-state index in [0.29, 0.717) is 13.2 Å². The molecule has 2 aliphatic heterocycles. The van der Waals surface area contributed by atoms with Gasteiger partial charge in [0.2, 0.25) is 0 Å². The molecule has 0 bridgehead atoms. The number of aliphatic hydroxyl groups excluding tert-OH is 1. The number of ether oxygens (including phenoxy) is 2. The molecule has 0 spiro atoms. The zero-order chi connectivity index (χ0) is 17.9. The van der Waals surface area contributed by atoms with E-state index < -0.39 is 0 Å². The van der Waals surface area contributed by atoms with Crippen molar-refractivity contribution in [3.05, 3.63) is 36.0 Å². The zero-order valence-electron chi connectivity index (χ0n) is 15.3. The number of likely N-dealkylation sites (tertiary alicyclic amines) is 1. The van der Waals surface area contributed by atoms with Crippen LogP contribution in [0.3, 0.4) is 0 Å². The van der Waals surface area contributed by atoms with Crippen LogP contribution < -0.4 is 4.74 Å². The predicted octanol–water partition coefficient (Wildman–Crippen LogP) is 1.51. The van der Waals surface area contributed by atoms with Crippen LogP contribution in [0.4, 0.5) is 0 Å². The molecule has 2 fully saturated rings. The number of hydrogen-bond donors (Lipinski definition) is 1. The molecule has 1 aromatic carbocycles. The number of β-amino-alcohol motifs (C(OH)–C–C–N with tert-alkyl or cyclic N) is 1. The largest absolute Gasteiger partial charge is 0.494 e. The highest BCUT2D eigenvalue weighted by Gasteiger charge is 2.36. The van der Waals surface area contributed by atoms with Crippen molar-refractivity contribution in [3.8, 4) is 5.75 Å². The molecule has 4 rings (SSSR count). The lowest BCUT2D eigenvalue weighted by atomic mass is 10.1. The van der Waals surface area contributed by atoms with Crippen molar-refractivity contribution in [1.29, 1.82) is 0 Å². The normalized spacial score (nSPS) is 25.0. The van der Waals surface area contributed by atoms with Gasteiger partial charge in [-0.15, -0.1) is 0 Å². The summed E-state index contributed by atoms with van der Waals surface area (Å²) in [5.74, 6) is 0.880. The van der Waals surface area contributed by atoms with Crippen LogP contribution in [0.2, 0.25) is 0 Å². The highest BCUT2D eigenvalue weighted by molar-refractivity contribution is 5.80. The number of benzene rings is 1. The molecule has 6 heteroatoms. The number of hydrogen-bond acceptors (Lipinski definition) is 6. The molecule has 0 unspecified atom stereocenters. The van der Waals surface area contributed by atoms with Gasteiger partial charge in [-0.25, -0.2) is 0 Å². The van der Waals surface area contributed by atoms with E-state index in [9.17, 15) is 5.11 Å². The first-order chi connectivity index (χ1) is 12.7. The van der Waals surface area contributed by atoms with E-state index in [4.69, 9.17) is 14.5 Å². The van der Waals surface area contributed by atoms with Gasteiger partial charge in [0.25, 0.3) is 0 Å². The van der Waals surface area contributed by atoms with Crippen LogP contribution in [0, 0.1) is 0 Å². The molecule has 2 aliphatic rings. The van der Waals surface area contributed by atoms with E-state index in [2.05, 4.69) is 21.9 Å². The van der Waals surface area contributed by atoms with E-state index in [1.807, 2.05) is 25.1 Å². The summed E-state index contributed by atoms with van der Waals surface area (Å²) in [5.41, 5.74) is 2.02. The second-order valence-corrected chi connectivity index (χ2v) is 7.07. The van der Waals surface area contributed by atoms with Gasteiger partial charge in [-0.1, -0.05) is 6.07 Å². The fraction of sp³-hybridized carbons (Fsp3) is 0.550. The van der Waals surface area contributed by atoms with Gasteiger partial charge in [-0.05, 0) is 31.2 Å². The van der Waals surface area contributed by atoms with Crippen LogP contribution >= 0.6 is 0 Å². The Labute approximate surface area is 154 Å². The van der Waals surface area contributed by atoms with Crippen molar-refractivity contribution in [2.75, 3.05) is 46.0 Å². The van der Waals surface area contributed by atoms with Crippen molar-refractivity contribution in [2.45, 2.75) is 25.6 Å². The van der Waals surface area contributed by atoms with Gasteiger partial charge in [0.15, 0.2) is 0 Å². The summed E-state index contributed by atoms with van der Waals surface area (Å²) in [7, 11) is 0. The third-order valence-electron chi connectivity index (χ3n) is 5.26. The SMILES string of the molecule is CCOc1ccc2nc(CN3C[C@H](O)[C@@H](N4CCOCC4)C3)ccc2c1. The highest BCUT2D eigenvalue weighted by atomic mass is 16.5. The Balaban J connectivity index is 1.43. The molecule has 26 heavy (non-hydrogen) atoms. The van der Waals surface area contributed by atoms with Crippen LogP contribution in [0.25, 0.3) is 10.9 Å². The number of morpholine rings is 1. The second-order valence-electron chi connectivity index (χ2n) is 7.07. The van der Waals surface area contributed by atoms with E-state index in [0.717, 1.165) is 61.7 Å². The van der Waals surface area contributed by atoms with Crippen molar-refractivity contribution in [2.24, 2.45) is 0 Å². The molecule has 1 N–H and O–H groups in total. The summed E-state index contributed by atoms with van der Waals surface area (Å²) < 4.78 is 11.0. The number of aliphatic hydroxyl groups is 1. The summed E-state index contributed by atoms with van der Waals surface area (Å²) in [6, 6.07) is 10.4. The minimum Gasteiger partial charge on any atom is -0.494 e.